The zero-order valence-corrected chi connectivity index (χ0v) is 18.6. The summed E-state index contributed by atoms with van der Waals surface area (Å²) in [5.74, 6) is 1.74. The van der Waals surface area contributed by atoms with Crippen molar-refractivity contribution in [2.45, 2.75) is 31.8 Å². The number of aromatic nitrogens is 1. The van der Waals surface area contributed by atoms with E-state index in [2.05, 4.69) is 20.3 Å². The van der Waals surface area contributed by atoms with E-state index >= 15 is 0 Å². The molecule has 3 aliphatic rings. The van der Waals surface area contributed by atoms with Gasteiger partial charge in [0.2, 0.25) is 0 Å². The van der Waals surface area contributed by atoms with E-state index in [9.17, 15) is 8.42 Å². The second kappa shape index (κ2) is 9.08. The number of rotatable bonds is 5. The van der Waals surface area contributed by atoms with Crippen LogP contribution in [0.5, 0.6) is 0 Å². The summed E-state index contributed by atoms with van der Waals surface area (Å²) in [6, 6.07) is 2.44. The highest BCUT2D eigenvalue weighted by Gasteiger charge is 2.30. The van der Waals surface area contributed by atoms with Gasteiger partial charge in [-0.15, -0.1) is 24.0 Å². The van der Waals surface area contributed by atoms with Crippen LogP contribution < -0.4 is 5.32 Å². The van der Waals surface area contributed by atoms with Gasteiger partial charge in [-0.3, -0.25) is 9.89 Å². The maximum Gasteiger partial charge on any atom is 0.194 e. The average Bonchev–Trinajstić information content (AvgIpc) is 3.16. The van der Waals surface area contributed by atoms with Gasteiger partial charge < -0.3 is 14.7 Å². The van der Waals surface area contributed by atoms with Gasteiger partial charge in [-0.2, -0.15) is 0 Å². The van der Waals surface area contributed by atoms with E-state index < -0.39 is 9.84 Å². The van der Waals surface area contributed by atoms with Crippen molar-refractivity contribution in [3.8, 4) is 0 Å². The van der Waals surface area contributed by atoms with Gasteiger partial charge in [0.15, 0.2) is 15.8 Å². The summed E-state index contributed by atoms with van der Waals surface area (Å²) in [6.07, 6.45) is 4.75. The van der Waals surface area contributed by atoms with E-state index in [1.54, 1.807) is 6.26 Å². The second-order valence-electron chi connectivity index (χ2n) is 7.61. The Bertz CT molecular complexity index is 728. The fourth-order valence-electron chi connectivity index (χ4n) is 3.54. The molecule has 0 radical (unpaired) electrons. The Hall–Kier alpha value is -0.880. The predicted octanol–water partition coefficient (Wildman–Crippen LogP) is 0.953. The molecular formula is C17H28IN5O3S. The molecule has 8 nitrogen and oxygen atoms in total. The van der Waals surface area contributed by atoms with Crippen LogP contribution >= 0.6 is 24.0 Å². The Balaban J connectivity index is 0.00000210. The Morgan fingerprint density at radius 1 is 1.26 bits per heavy atom. The molecule has 1 aromatic heterocycles. The molecule has 1 N–H and O–H groups in total. The molecule has 0 bridgehead atoms. The van der Waals surface area contributed by atoms with Gasteiger partial charge in [0.05, 0.1) is 17.2 Å². The number of sulfone groups is 1. The van der Waals surface area contributed by atoms with Gasteiger partial charge in [0.1, 0.15) is 6.26 Å². The van der Waals surface area contributed by atoms with Gasteiger partial charge in [0, 0.05) is 51.4 Å². The molecule has 0 amide bonds. The number of nitrogens with zero attached hydrogens (tertiary/aromatic N) is 4. The largest absolute Gasteiger partial charge is 0.364 e. The smallest absolute Gasteiger partial charge is 0.194 e. The Morgan fingerprint density at radius 3 is 2.63 bits per heavy atom. The zero-order chi connectivity index (χ0) is 18.0. The monoisotopic (exact) mass is 509 g/mol. The first kappa shape index (κ1) is 20.8. The molecule has 27 heavy (non-hydrogen) atoms. The number of halogens is 1. The van der Waals surface area contributed by atoms with Crippen molar-refractivity contribution in [2.24, 2.45) is 10.9 Å². The fourth-order valence-corrected chi connectivity index (χ4v) is 5.39. The highest BCUT2D eigenvalue weighted by atomic mass is 127. The summed E-state index contributed by atoms with van der Waals surface area (Å²) < 4.78 is 28.2. The lowest BCUT2D eigenvalue weighted by molar-refractivity contribution is 0.168. The number of guanidine groups is 1. The lowest BCUT2D eigenvalue weighted by atomic mass is 10.1. The lowest BCUT2D eigenvalue weighted by Crippen LogP contribution is -2.52. The zero-order valence-electron chi connectivity index (χ0n) is 15.4. The normalized spacial score (nSPS) is 26.0. The topological polar surface area (TPSA) is 91.0 Å². The van der Waals surface area contributed by atoms with Gasteiger partial charge in [-0.25, -0.2) is 8.42 Å². The van der Waals surface area contributed by atoms with Crippen LogP contribution in [-0.2, 0) is 16.4 Å². The molecule has 1 aliphatic carbocycles. The minimum absolute atomic E-state index is 0. The minimum Gasteiger partial charge on any atom is -0.364 e. The van der Waals surface area contributed by atoms with Gasteiger partial charge in [-0.1, -0.05) is 5.16 Å². The van der Waals surface area contributed by atoms with E-state index in [4.69, 9.17) is 9.52 Å². The number of hydrogen-bond donors (Lipinski definition) is 1. The van der Waals surface area contributed by atoms with Gasteiger partial charge >= 0.3 is 0 Å². The van der Waals surface area contributed by atoms with Crippen molar-refractivity contribution in [1.29, 1.82) is 0 Å². The summed E-state index contributed by atoms with van der Waals surface area (Å²) in [5.41, 5.74) is 0.964. The third kappa shape index (κ3) is 6.05. The number of piperazine rings is 1. The molecule has 1 unspecified atom stereocenters. The minimum atomic E-state index is -2.83. The lowest BCUT2D eigenvalue weighted by Gasteiger charge is -2.36. The van der Waals surface area contributed by atoms with Crippen LogP contribution in [0.15, 0.2) is 21.8 Å². The predicted molar refractivity (Wildman–Crippen MR) is 114 cm³/mol. The first-order chi connectivity index (χ1) is 12.6. The second-order valence-corrected chi connectivity index (χ2v) is 9.83. The SMILES string of the molecule is I.O=S1(=O)CCC(CN=C(NC2CC2)N2CCN(Cc3ccon3)CC2)C1. The first-order valence-electron chi connectivity index (χ1n) is 9.45. The standard InChI is InChI=1S/C17H27N5O3S.HI/c23-26(24)10-4-14(13-26)11-18-17(19-15-1-2-15)22-7-5-21(6-8-22)12-16-3-9-25-20-16;/h3,9,14-15H,1-2,4-8,10-13H2,(H,18,19);1H. The van der Waals surface area contributed by atoms with Crippen molar-refractivity contribution in [2.75, 3.05) is 44.2 Å². The third-order valence-corrected chi connectivity index (χ3v) is 7.12. The highest BCUT2D eigenvalue weighted by molar-refractivity contribution is 14.0. The third-order valence-electron chi connectivity index (χ3n) is 5.29. The molecule has 2 saturated heterocycles. The molecule has 3 heterocycles. The van der Waals surface area contributed by atoms with Gasteiger partial charge in [0.25, 0.3) is 0 Å². The molecule has 1 atom stereocenters. The fraction of sp³-hybridized carbons (Fsp3) is 0.765. The van der Waals surface area contributed by atoms with Crippen molar-refractivity contribution in [3.63, 3.8) is 0 Å². The Kier molecular flexibility index (Phi) is 7.01. The molecule has 152 valence electrons. The molecule has 4 rings (SSSR count). The summed E-state index contributed by atoms with van der Waals surface area (Å²) in [6.45, 7) is 5.16. The summed E-state index contributed by atoms with van der Waals surface area (Å²) in [7, 11) is -2.83. The van der Waals surface area contributed by atoms with Crippen LogP contribution in [0.25, 0.3) is 0 Å². The molecule has 0 spiro atoms. The molecule has 2 aliphatic heterocycles. The molecule has 0 aromatic carbocycles. The van der Waals surface area contributed by atoms with Crippen LogP contribution in [0.3, 0.4) is 0 Å². The van der Waals surface area contributed by atoms with Crippen LogP contribution in [0, 0.1) is 5.92 Å². The van der Waals surface area contributed by atoms with E-state index in [0.29, 0.717) is 24.1 Å². The first-order valence-corrected chi connectivity index (χ1v) is 11.3. The molecule has 1 aromatic rings. The van der Waals surface area contributed by atoms with Crippen LogP contribution in [0.4, 0.5) is 0 Å². The number of aliphatic imine (C=N–C) groups is 1. The van der Waals surface area contributed by atoms with Crippen molar-refractivity contribution < 1.29 is 12.9 Å². The van der Waals surface area contributed by atoms with Gasteiger partial charge in [-0.05, 0) is 25.2 Å². The van der Waals surface area contributed by atoms with E-state index in [-0.39, 0.29) is 29.9 Å². The van der Waals surface area contributed by atoms with E-state index in [1.165, 1.54) is 12.8 Å². The Morgan fingerprint density at radius 2 is 2.04 bits per heavy atom. The molecular weight excluding hydrogens is 481 g/mol. The molecule has 1 saturated carbocycles. The van der Waals surface area contributed by atoms with Crippen molar-refractivity contribution in [3.05, 3.63) is 18.0 Å². The average molecular weight is 509 g/mol. The Labute approximate surface area is 177 Å². The summed E-state index contributed by atoms with van der Waals surface area (Å²) in [5, 5.41) is 7.53. The molecule has 10 heteroatoms. The summed E-state index contributed by atoms with van der Waals surface area (Å²) >= 11 is 0. The molecule has 3 fully saturated rings. The van der Waals surface area contributed by atoms with Crippen molar-refractivity contribution in [1.82, 2.24) is 20.3 Å². The number of nitrogens with one attached hydrogen (secondary N) is 1. The summed E-state index contributed by atoms with van der Waals surface area (Å²) in [4.78, 5) is 9.47. The quantitative estimate of drug-likeness (QED) is 0.359. The highest BCUT2D eigenvalue weighted by Crippen LogP contribution is 2.21. The van der Waals surface area contributed by atoms with Crippen molar-refractivity contribution >= 4 is 39.8 Å². The number of hydrogen-bond acceptors (Lipinski definition) is 6. The maximum atomic E-state index is 11.6. The van der Waals surface area contributed by atoms with Crippen LogP contribution in [0.1, 0.15) is 25.0 Å². The van der Waals surface area contributed by atoms with Crippen LogP contribution in [0.2, 0.25) is 0 Å². The van der Waals surface area contributed by atoms with E-state index in [0.717, 1.165) is 50.8 Å². The maximum absolute atomic E-state index is 11.6. The van der Waals surface area contributed by atoms with E-state index in [1.807, 2.05) is 6.07 Å². The van der Waals surface area contributed by atoms with Crippen LogP contribution in [-0.4, -0.2) is 79.6 Å².